The van der Waals surface area contributed by atoms with Gasteiger partial charge in [0, 0.05) is 0 Å². The van der Waals surface area contributed by atoms with E-state index in [2.05, 4.69) is 11.1 Å². The summed E-state index contributed by atoms with van der Waals surface area (Å²) in [4.78, 5) is 0. The molecule has 6 heteroatoms. The maximum atomic E-state index is 10.1. The van der Waals surface area contributed by atoms with Crippen LogP contribution >= 0.6 is 0 Å². The van der Waals surface area contributed by atoms with Crippen LogP contribution in [-0.2, 0) is 14.6 Å². The molecule has 78 valence electrons. The molecule has 0 aliphatic heterocycles. The van der Waals surface area contributed by atoms with Crippen molar-refractivity contribution in [2.24, 2.45) is 0 Å². The summed E-state index contributed by atoms with van der Waals surface area (Å²) in [5, 5.41) is 0. The van der Waals surface area contributed by atoms with Crippen LogP contribution in [0.2, 0.25) is 0 Å². The summed E-state index contributed by atoms with van der Waals surface area (Å²) in [7, 11) is -4.22. The molecule has 0 heterocycles. The predicted octanol–water partition coefficient (Wildman–Crippen LogP) is 1.62. The Balaban J connectivity index is -0.000000202. The van der Waals surface area contributed by atoms with Crippen molar-refractivity contribution in [3.05, 3.63) is 0 Å². The van der Waals surface area contributed by atoms with Crippen molar-refractivity contribution in [1.82, 2.24) is 0 Å². The van der Waals surface area contributed by atoms with Crippen LogP contribution in [0.5, 0.6) is 0 Å². The molecule has 0 bridgehead atoms. The molecule has 0 saturated heterocycles. The third-order valence-corrected chi connectivity index (χ3v) is 1.94. The van der Waals surface area contributed by atoms with Crippen molar-refractivity contribution in [2.45, 2.75) is 39.0 Å². The van der Waals surface area contributed by atoms with Gasteiger partial charge in [-0.2, -0.15) is 8.42 Å². The quantitative estimate of drug-likeness (QED) is 0.416. The van der Waals surface area contributed by atoms with Crippen LogP contribution in [0.1, 0.15) is 41.9 Å². The van der Waals surface area contributed by atoms with Gasteiger partial charge >= 0.3 is 48.1 Å². The van der Waals surface area contributed by atoms with Crippen LogP contribution in [-0.4, -0.2) is 57.3 Å². The Morgan fingerprint density at radius 2 is 1.77 bits per heavy atom. The topological polar surface area (TPSA) is 63.6 Å². The maximum absolute atomic E-state index is 10.1. The monoisotopic (exact) mass is 238 g/mol. The van der Waals surface area contributed by atoms with Crippen molar-refractivity contribution in [1.29, 1.82) is 0 Å². The number of hydrogen-bond donors (Lipinski definition) is 1. The zero-order valence-corrected chi connectivity index (χ0v) is 11.1. The number of unbranched alkanes of at least 4 members (excludes halogenated alkanes) is 4. The van der Waals surface area contributed by atoms with E-state index in [1.54, 1.807) is 0 Å². The molecule has 0 fully saturated rings. The summed E-state index contributed by atoms with van der Waals surface area (Å²) in [6.07, 6.45) is 5.03. The Hall–Kier alpha value is 1.13. The largest absolute Gasteiger partial charge is 2.00 e. The molecule has 0 radical (unpaired) electrons. The van der Waals surface area contributed by atoms with E-state index in [0.717, 1.165) is 25.7 Å². The molecule has 0 aliphatic rings. The van der Waals surface area contributed by atoms with Crippen LogP contribution in [0.3, 0.4) is 0 Å². The maximum Gasteiger partial charge on any atom is 2.00 e. The average molecular weight is 238 g/mol. The first-order valence-electron chi connectivity index (χ1n) is 4.18. The second-order valence-corrected chi connectivity index (χ2v) is 3.76. The van der Waals surface area contributed by atoms with Gasteiger partial charge in [-0.15, -0.1) is 0 Å². The van der Waals surface area contributed by atoms with E-state index in [4.69, 9.17) is 4.55 Å². The van der Waals surface area contributed by atoms with Crippen molar-refractivity contribution >= 4 is 48.1 Å². The summed E-state index contributed by atoms with van der Waals surface area (Å²) in [5.74, 6) is 0. The first kappa shape index (κ1) is 16.6. The molecule has 0 atom stereocenters. The van der Waals surface area contributed by atoms with Crippen LogP contribution in [0, 0.1) is 0 Å². The fraction of sp³-hybridized carbons (Fsp3) is 1.00. The van der Waals surface area contributed by atoms with Gasteiger partial charge in [0.1, 0.15) is 0 Å². The number of rotatable bonds is 7. The standard InChI is InChI=1S/C7H16O4S.Ca.2H/c1-2-3-4-5-6-7-11-12(8,9)10;;;/h2-7H2,1H3,(H,8,9,10);;;/q;+2;2*-1. The van der Waals surface area contributed by atoms with Gasteiger partial charge in [0.25, 0.3) is 0 Å². The van der Waals surface area contributed by atoms with Crippen molar-refractivity contribution in [3.8, 4) is 0 Å². The Morgan fingerprint density at radius 3 is 2.23 bits per heavy atom. The Labute approximate surface area is 113 Å². The summed E-state index contributed by atoms with van der Waals surface area (Å²) in [5.41, 5.74) is 0. The van der Waals surface area contributed by atoms with Crippen molar-refractivity contribution in [2.75, 3.05) is 6.61 Å². The normalized spacial score (nSPS) is 10.9. The van der Waals surface area contributed by atoms with Gasteiger partial charge in [-0.05, 0) is 6.42 Å². The zero-order valence-electron chi connectivity index (χ0n) is 10.0. The predicted molar refractivity (Wildman–Crippen MR) is 54.2 cm³/mol. The van der Waals surface area contributed by atoms with Gasteiger partial charge in [-0.3, -0.25) is 4.55 Å². The van der Waals surface area contributed by atoms with E-state index in [-0.39, 0.29) is 47.2 Å². The minimum Gasteiger partial charge on any atom is -1.00 e. The van der Waals surface area contributed by atoms with Gasteiger partial charge < -0.3 is 2.85 Å². The van der Waals surface area contributed by atoms with Gasteiger partial charge in [0.2, 0.25) is 0 Å². The van der Waals surface area contributed by atoms with Crippen LogP contribution < -0.4 is 0 Å². The summed E-state index contributed by atoms with van der Waals surface area (Å²) >= 11 is 0. The smallest absolute Gasteiger partial charge is 1.00 e. The van der Waals surface area contributed by atoms with E-state index in [9.17, 15) is 8.42 Å². The second kappa shape index (κ2) is 9.68. The van der Waals surface area contributed by atoms with Gasteiger partial charge in [0.15, 0.2) is 0 Å². The molecule has 13 heavy (non-hydrogen) atoms. The van der Waals surface area contributed by atoms with E-state index in [0.29, 0.717) is 6.42 Å². The molecule has 0 spiro atoms. The van der Waals surface area contributed by atoms with Crippen LogP contribution in [0.4, 0.5) is 0 Å². The molecule has 0 amide bonds. The molecule has 0 aromatic carbocycles. The van der Waals surface area contributed by atoms with E-state index >= 15 is 0 Å². The molecule has 0 aliphatic carbocycles. The minimum atomic E-state index is -4.22. The van der Waals surface area contributed by atoms with Gasteiger partial charge in [0.05, 0.1) is 6.61 Å². The third-order valence-electron chi connectivity index (χ3n) is 1.48. The van der Waals surface area contributed by atoms with Crippen LogP contribution in [0.15, 0.2) is 0 Å². The molecule has 0 rings (SSSR count). The summed E-state index contributed by atoms with van der Waals surface area (Å²) in [6, 6.07) is 0. The SMILES string of the molecule is CCCCCCCOS(=O)(=O)O.[Ca+2].[H-].[H-]. The minimum absolute atomic E-state index is 0. The van der Waals surface area contributed by atoms with E-state index in [1.165, 1.54) is 0 Å². The number of hydrogen-bond acceptors (Lipinski definition) is 3. The third kappa shape index (κ3) is 15.9. The summed E-state index contributed by atoms with van der Waals surface area (Å²) in [6.45, 7) is 2.19. The zero-order chi connectivity index (χ0) is 9.45. The molecule has 0 aromatic rings. The van der Waals surface area contributed by atoms with Gasteiger partial charge in [-0.1, -0.05) is 32.6 Å². The molecule has 4 nitrogen and oxygen atoms in total. The molecule has 0 aromatic heterocycles. The van der Waals surface area contributed by atoms with Crippen LogP contribution in [0.25, 0.3) is 0 Å². The Bertz CT molecular complexity index is 199. The molecule has 0 unspecified atom stereocenters. The van der Waals surface area contributed by atoms with Gasteiger partial charge in [-0.25, -0.2) is 4.18 Å². The molecular formula is C7H18CaO4S. The Kier molecular flexibility index (Phi) is 12.3. The van der Waals surface area contributed by atoms with Crippen molar-refractivity contribution in [3.63, 3.8) is 0 Å². The first-order chi connectivity index (χ1) is 5.56. The second-order valence-electron chi connectivity index (χ2n) is 2.66. The summed E-state index contributed by atoms with van der Waals surface area (Å²) < 4.78 is 32.4. The van der Waals surface area contributed by atoms with Crippen molar-refractivity contribution < 1.29 is 20.0 Å². The molecule has 1 N–H and O–H groups in total. The fourth-order valence-corrected chi connectivity index (χ4v) is 1.20. The fourth-order valence-electron chi connectivity index (χ4n) is 0.870. The molecular weight excluding hydrogens is 220 g/mol. The average Bonchev–Trinajstić information content (AvgIpc) is 1.94. The Morgan fingerprint density at radius 1 is 1.23 bits per heavy atom. The first-order valence-corrected chi connectivity index (χ1v) is 5.54. The van der Waals surface area contributed by atoms with E-state index in [1.807, 2.05) is 0 Å². The molecule has 0 saturated carbocycles. The van der Waals surface area contributed by atoms with E-state index < -0.39 is 10.4 Å².